The maximum absolute atomic E-state index is 12.0. The summed E-state index contributed by atoms with van der Waals surface area (Å²) in [5.74, 6) is -1.80. The minimum atomic E-state index is -1.48. The number of methoxy groups -OCH3 is 1. The number of aliphatic hydroxyl groups is 1. The molecule has 1 aromatic heterocycles. The van der Waals surface area contributed by atoms with Crippen molar-refractivity contribution in [3.8, 4) is 11.5 Å². The van der Waals surface area contributed by atoms with E-state index in [0.29, 0.717) is 29.3 Å². The van der Waals surface area contributed by atoms with Crippen LogP contribution in [-0.2, 0) is 16.0 Å². The molecule has 0 aliphatic carbocycles. The fourth-order valence-corrected chi connectivity index (χ4v) is 3.96. The zero-order chi connectivity index (χ0) is 26.9. The lowest BCUT2D eigenvalue weighted by atomic mass is 10.0. The number of aliphatic carboxylic acids is 2. The third-order valence-electron chi connectivity index (χ3n) is 5.81. The first kappa shape index (κ1) is 27.4. The van der Waals surface area contributed by atoms with Crippen LogP contribution in [0.15, 0.2) is 59.4 Å². The number of nitrogens with zero attached hydrogens (tertiary/aromatic N) is 1. The van der Waals surface area contributed by atoms with Gasteiger partial charge in [0.2, 0.25) is 5.56 Å². The molecule has 0 amide bonds. The molecule has 0 bridgehead atoms. The van der Waals surface area contributed by atoms with E-state index in [9.17, 15) is 24.6 Å². The second-order valence-corrected chi connectivity index (χ2v) is 8.42. The molecule has 10 nitrogen and oxygen atoms in total. The van der Waals surface area contributed by atoms with Crippen molar-refractivity contribution in [1.29, 1.82) is 0 Å². The Morgan fingerprint density at radius 2 is 1.89 bits per heavy atom. The molecule has 10 heteroatoms. The van der Waals surface area contributed by atoms with Crippen LogP contribution in [0.25, 0.3) is 16.5 Å². The maximum Gasteiger partial charge on any atom is 0.336 e. The molecule has 0 aliphatic heterocycles. The highest BCUT2D eigenvalue weighted by Crippen LogP contribution is 2.27. The number of carboxylic acids is 2. The van der Waals surface area contributed by atoms with Crippen LogP contribution >= 0.6 is 0 Å². The van der Waals surface area contributed by atoms with Gasteiger partial charge < -0.3 is 34.7 Å². The minimum absolute atomic E-state index is 0.0173. The third-order valence-corrected chi connectivity index (χ3v) is 5.81. The molecule has 3 aromatic rings. The number of likely N-dealkylation sites (N-methyl/N-ethyl adjacent to an activating group) is 1. The van der Waals surface area contributed by atoms with Crippen LogP contribution in [0.5, 0.6) is 11.5 Å². The van der Waals surface area contributed by atoms with Gasteiger partial charge in [0.1, 0.15) is 24.2 Å². The van der Waals surface area contributed by atoms with Crippen LogP contribution < -0.4 is 15.0 Å². The molecular formula is C27H30N2O8. The molecule has 196 valence electrons. The lowest BCUT2D eigenvalue weighted by Crippen LogP contribution is -2.36. The van der Waals surface area contributed by atoms with Crippen molar-refractivity contribution in [2.24, 2.45) is 0 Å². The highest BCUT2D eigenvalue weighted by atomic mass is 16.5. The van der Waals surface area contributed by atoms with Crippen molar-refractivity contribution in [2.75, 3.05) is 33.4 Å². The number of aromatic amines is 1. The third kappa shape index (κ3) is 7.66. The Kier molecular flexibility index (Phi) is 9.42. The lowest BCUT2D eigenvalue weighted by molar-refractivity contribution is -0.133. The van der Waals surface area contributed by atoms with Crippen LogP contribution in [0.4, 0.5) is 0 Å². The molecule has 0 aliphatic rings. The van der Waals surface area contributed by atoms with E-state index < -0.39 is 29.2 Å². The molecule has 0 saturated carbocycles. The first-order valence-corrected chi connectivity index (χ1v) is 11.7. The second kappa shape index (κ2) is 12.7. The number of pyridine rings is 1. The zero-order valence-corrected chi connectivity index (χ0v) is 20.6. The average molecular weight is 511 g/mol. The summed E-state index contributed by atoms with van der Waals surface area (Å²) in [5, 5.41) is 29.4. The molecule has 0 fully saturated rings. The van der Waals surface area contributed by atoms with Crippen molar-refractivity contribution in [3.05, 3.63) is 76.1 Å². The fourth-order valence-electron chi connectivity index (χ4n) is 3.96. The highest BCUT2D eigenvalue weighted by molar-refractivity contribution is 6.22. The molecule has 1 atom stereocenters. The van der Waals surface area contributed by atoms with E-state index in [2.05, 4.69) is 9.88 Å². The Bertz CT molecular complexity index is 1350. The first-order valence-electron chi connectivity index (χ1n) is 11.7. The number of rotatable bonds is 13. The van der Waals surface area contributed by atoms with Crippen LogP contribution in [-0.4, -0.2) is 76.6 Å². The molecule has 1 heterocycles. The Morgan fingerprint density at radius 1 is 1.11 bits per heavy atom. The van der Waals surface area contributed by atoms with Gasteiger partial charge in [-0.15, -0.1) is 0 Å². The van der Waals surface area contributed by atoms with Gasteiger partial charge >= 0.3 is 11.9 Å². The fraction of sp³-hybridized carbons (Fsp3) is 0.296. The SMILES string of the molecule is CCN(CCc1cccc(OC)c1)CC(O)COc1ccc2[nH]c(=O)cc(C(=CC(=O)O)C(=O)O)c2c1. The van der Waals surface area contributed by atoms with Gasteiger partial charge in [-0.3, -0.25) is 4.79 Å². The molecule has 0 spiro atoms. The van der Waals surface area contributed by atoms with Crippen molar-refractivity contribution in [2.45, 2.75) is 19.4 Å². The number of aliphatic hydroxyl groups excluding tert-OH is 1. The van der Waals surface area contributed by atoms with Crippen LogP contribution in [0.2, 0.25) is 0 Å². The number of hydrogen-bond acceptors (Lipinski definition) is 7. The normalized spacial score (nSPS) is 12.5. The molecule has 1 unspecified atom stereocenters. The quantitative estimate of drug-likeness (QED) is 0.254. The predicted octanol–water partition coefficient (Wildman–Crippen LogP) is 2.39. The molecule has 3 rings (SSSR count). The Hall–Kier alpha value is -4.15. The van der Waals surface area contributed by atoms with Crippen molar-refractivity contribution in [1.82, 2.24) is 9.88 Å². The second-order valence-electron chi connectivity index (χ2n) is 8.42. The Labute approximate surface area is 213 Å². The summed E-state index contributed by atoms with van der Waals surface area (Å²) in [4.78, 5) is 39.5. The van der Waals surface area contributed by atoms with E-state index in [-0.39, 0.29) is 12.2 Å². The van der Waals surface area contributed by atoms with Gasteiger partial charge in [0.15, 0.2) is 0 Å². The van der Waals surface area contributed by atoms with Gasteiger partial charge in [0.25, 0.3) is 0 Å². The largest absolute Gasteiger partial charge is 0.497 e. The topological polar surface area (TPSA) is 149 Å². The molecule has 2 aromatic carbocycles. The molecule has 4 N–H and O–H groups in total. The summed E-state index contributed by atoms with van der Waals surface area (Å²) < 4.78 is 11.0. The lowest BCUT2D eigenvalue weighted by Gasteiger charge is -2.24. The smallest absolute Gasteiger partial charge is 0.336 e. The minimum Gasteiger partial charge on any atom is -0.497 e. The number of benzene rings is 2. The number of ether oxygens (including phenoxy) is 2. The van der Waals surface area contributed by atoms with E-state index in [0.717, 1.165) is 36.9 Å². The highest BCUT2D eigenvalue weighted by Gasteiger charge is 2.18. The average Bonchev–Trinajstić information content (AvgIpc) is 2.87. The summed E-state index contributed by atoms with van der Waals surface area (Å²) in [6.45, 7) is 3.85. The summed E-state index contributed by atoms with van der Waals surface area (Å²) in [6, 6.07) is 13.5. The van der Waals surface area contributed by atoms with E-state index in [1.165, 1.54) is 12.1 Å². The molecule has 0 radical (unpaired) electrons. The maximum atomic E-state index is 12.0. The van der Waals surface area contributed by atoms with Gasteiger partial charge in [0.05, 0.1) is 12.7 Å². The molecule has 0 saturated heterocycles. The number of carboxylic acid groups (broad SMARTS) is 2. The first-order chi connectivity index (χ1) is 17.7. The number of aromatic nitrogens is 1. The van der Waals surface area contributed by atoms with Gasteiger partial charge in [-0.1, -0.05) is 19.1 Å². The van der Waals surface area contributed by atoms with Crippen LogP contribution in [0.1, 0.15) is 18.1 Å². The summed E-state index contributed by atoms with van der Waals surface area (Å²) in [6.07, 6.45) is 0.538. The van der Waals surface area contributed by atoms with Crippen molar-refractivity contribution in [3.63, 3.8) is 0 Å². The molecule has 37 heavy (non-hydrogen) atoms. The van der Waals surface area contributed by atoms with E-state index >= 15 is 0 Å². The van der Waals surface area contributed by atoms with Crippen LogP contribution in [0.3, 0.4) is 0 Å². The van der Waals surface area contributed by atoms with Gasteiger partial charge in [-0.2, -0.15) is 0 Å². The monoisotopic (exact) mass is 510 g/mol. The van der Waals surface area contributed by atoms with E-state index in [1.807, 2.05) is 31.2 Å². The Morgan fingerprint density at radius 3 is 2.57 bits per heavy atom. The number of carbonyl (C=O) groups is 2. The predicted molar refractivity (Wildman–Crippen MR) is 138 cm³/mol. The van der Waals surface area contributed by atoms with Gasteiger partial charge in [-0.05, 0) is 48.9 Å². The van der Waals surface area contributed by atoms with Crippen LogP contribution in [0, 0.1) is 0 Å². The number of nitrogens with one attached hydrogen (secondary N) is 1. The standard InChI is InChI=1S/C27H30N2O8/c1-3-29(10-9-17-5-4-6-19(11-17)36-2)15-18(30)16-37-20-7-8-24-22(12-20)21(13-25(31)28-24)23(27(34)35)14-26(32)33/h4-8,11-14,18,30H,3,9-10,15-16H2,1-2H3,(H,28,31)(H,32,33)(H,34,35). The van der Waals surface area contributed by atoms with Gasteiger partial charge in [0, 0.05) is 41.7 Å². The number of hydrogen-bond donors (Lipinski definition) is 4. The van der Waals surface area contributed by atoms with Crippen molar-refractivity contribution < 1.29 is 34.4 Å². The zero-order valence-electron chi connectivity index (χ0n) is 20.6. The van der Waals surface area contributed by atoms with E-state index in [4.69, 9.17) is 14.6 Å². The summed E-state index contributed by atoms with van der Waals surface area (Å²) in [5.41, 5.74) is 0.302. The molecular weight excluding hydrogens is 480 g/mol. The summed E-state index contributed by atoms with van der Waals surface area (Å²) in [7, 11) is 1.63. The van der Waals surface area contributed by atoms with Crippen molar-refractivity contribution >= 4 is 28.4 Å². The van der Waals surface area contributed by atoms with Gasteiger partial charge in [-0.25, -0.2) is 9.59 Å². The van der Waals surface area contributed by atoms with E-state index in [1.54, 1.807) is 13.2 Å². The number of H-pyrrole nitrogens is 1. The number of fused-ring (bicyclic) bond motifs is 1. The Balaban J connectivity index is 1.69. The summed E-state index contributed by atoms with van der Waals surface area (Å²) >= 11 is 0.